The highest BCUT2D eigenvalue weighted by Gasteiger charge is 2.55. The summed E-state index contributed by atoms with van der Waals surface area (Å²) in [6, 6.07) is 2.13. The molecule has 3 atom stereocenters. The van der Waals surface area contributed by atoms with Crippen molar-refractivity contribution in [3.05, 3.63) is 35.4 Å². The molecule has 130 valence electrons. The fourth-order valence-electron chi connectivity index (χ4n) is 3.70. The van der Waals surface area contributed by atoms with Gasteiger partial charge in [-0.1, -0.05) is 19.8 Å². The molecule has 7 heteroatoms. The quantitative estimate of drug-likeness (QED) is 0.832. The van der Waals surface area contributed by atoms with Gasteiger partial charge >= 0.3 is 6.03 Å². The maximum Gasteiger partial charge on any atom is 0.325 e. The van der Waals surface area contributed by atoms with Crippen molar-refractivity contribution in [3.63, 3.8) is 0 Å². The molecule has 0 unspecified atom stereocenters. The molecule has 3 rings (SSSR count). The van der Waals surface area contributed by atoms with Crippen LogP contribution in [0.5, 0.6) is 0 Å². The normalized spacial score (nSPS) is 28.3. The van der Waals surface area contributed by atoms with Gasteiger partial charge in [-0.2, -0.15) is 0 Å². The van der Waals surface area contributed by atoms with Crippen molar-refractivity contribution in [2.75, 3.05) is 6.54 Å². The Bertz CT molecular complexity index is 682. The summed E-state index contributed by atoms with van der Waals surface area (Å²) in [5, 5.41) is 13.0. The molecule has 1 aliphatic carbocycles. The molecule has 0 bridgehead atoms. The third-order valence-electron chi connectivity index (χ3n) is 5.17. The minimum atomic E-state index is -1.48. The summed E-state index contributed by atoms with van der Waals surface area (Å²) in [5.74, 6) is -1.87. The van der Waals surface area contributed by atoms with E-state index >= 15 is 0 Å². The number of urea groups is 1. The van der Waals surface area contributed by atoms with Crippen LogP contribution in [0.3, 0.4) is 0 Å². The van der Waals surface area contributed by atoms with Crippen LogP contribution in [0.4, 0.5) is 13.6 Å². The van der Waals surface area contributed by atoms with Gasteiger partial charge in [0.05, 0.1) is 6.54 Å². The summed E-state index contributed by atoms with van der Waals surface area (Å²) in [7, 11) is 0. The van der Waals surface area contributed by atoms with Crippen LogP contribution in [-0.4, -0.2) is 34.0 Å². The lowest BCUT2D eigenvalue weighted by atomic mass is 9.73. The van der Waals surface area contributed by atoms with E-state index < -0.39 is 41.8 Å². The third kappa shape index (κ3) is 2.66. The number of hydrogen-bond donors (Lipinski definition) is 2. The molecular formula is C17H20F2N2O3. The second kappa shape index (κ2) is 6.12. The Morgan fingerprint density at radius 1 is 1.38 bits per heavy atom. The Morgan fingerprint density at radius 3 is 2.83 bits per heavy atom. The van der Waals surface area contributed by atoms with E-state index in [1.165, 1.54) is 0 Å². The van der Waals surface area contributed by atoms with E-state index in [1.54, 1.807) is 0 Å². The van der Waals surface area contributed by atoms with Crippen LogP contribution >= 0.6 is 0 Å². The van der Waals surface area contributed by atoms with Crippen LogP contribution in [0.1, 0.15) is 44.3 Å². The van der Waals surface area contributed by atoms with E-state index in [2.05, 4.69) is 5.32 Å². The first kappa shape index (κ1) is 16.8. The zero-order valence-electron chi connectivity index (χ0n) is 13.4. The fraction of sp³-hybridized carbons (Fsp3) is 0.529. The van der Waals surface area contributed by atoms with Crippen molar-refractivity contribution >= 4 is 11.9 Å². The van der Waals surface area contributed by atoms with Gasteiger partial charge in [0.1, 0.15) is 23.3 Å². The van der Waals surface area contributed by atoms with E-state index in [0.29, 0.717) is 6.42 Å². The van der Waals surface area contributed by atoms with E-state index in [4.69, 9.17) is 0 Å². The van der Waals surface area contributed by atoms with E-state index in [1.807, 2.05) is 6.92 Å². The zero-order valence-corrected chi connectivity index (χ0v) is 13.4. The van der Waals surface area contributed by atoms with E-state index in [0.717, 1.165) is 42.4 Å². The molecule has 1 spiro atoms. The van der Waals surface area contributed by atoms with Crippen molar-refractivity contribution in [2.24, 2.45) is 5.92 Å². The predicted octanol–water partition coefficient (Wildman–Crippen LogP) is 2.50. The number of nitrogens with one attached hydrogen (secondary N) is 1. The van der Waals surface area contributed by atoms with Crippen molar-refractivity contribution in [1.82, 2.24) is 10.2 Å². The van der Waals surface area contributed by atoms with Crippen LogP contribution in [-0.2, 0) is 4.79 Å². The monoisotopic (exact) mass is 338 g/mol. The lowest BCUT2D eigenvalue weighted by Crippen LogP contribution is -2.54. The van der Waals surface area contributed by atoms with Gasteiger partial charge in [0, 0.05) is 5.56 Å². The zero-order chi connectivity index (χ0) is 17.5. The SMILES string of the molecule is C[C@@H]1CCCC[C@@]12NC(=O)N(C[C@@H](O)c1cc(F)ccc1F)C2=O. The molecule has 1 aliphatic heterocycles. The van der Waals surface area contributed by atoms with Crippen LogP contribution in [0.25, 0.3) is 0 Å². The molecule has 5 nitrogen and oxygen atoms in total. The van der Waals surface area contributed by atoms with E-state index in [-0.39, 0.29) is 11.5 Å². The molecule has 1 heterocycles. The van der Waals surface area contributed by atoms with Gasteiger partial charge in [-0.05, 0) is 37.0 Å². The molecular weight excluding hydrogens is 318 g/mol. The van der Waals surface area contributed by atoms with Gasteiger partial charge < -0.3 is 10.4 Å². The molecule has 2 fully saturated rings. The Balaban J connectivity index is 1.81. The number of hydrogen-bond acceptors (Lipinski definition) is 3. The largest absolute Gasteiger partial charge is 0.386 e. The Hall–Kier alpha value is -2.02. The molecule has 1 saturated carbocycles. The van der Waals surface area contributed by atoms with Crippen LogP contribution in [0.15, 0.2) is 18.2 Å². The first-order valence-electron chi connectivity index (χ1n) is 8.12. The van der Waals surface area contributed by atoms with Crippen LogP contribution < -0.4 is 5.32 Å². The third-order valence-corrected chi connectivity index (χ3v) is 5.17. The van der Waals surface area contributed by atoms with Crippen LogP contribution in [0.2, 0.25) is 0 Å². The van der Waals surface area contributed by atoms with Crippen molar-refractivity contribution in [3.8, 4) is 0 Å². The summed E-state index contributed by atoms with van der Waals surface area (Å²) in [5.41, 5.74) is -1.21. The highest BCUT2D eigenvalue weighted by Crippen LogP contribution is 2.38. The summed E-state index contributed by atoms with van der Waals surface area (Å²) in [6.07, 6.45) is 1.75. The smallest absolute Gasteiger partial charge is 0.325 e. The number of nitrogens with zero attached hydrogens (tertiary/aromatic N) is 1. The molecule has 0 radical (unpaired) electrons. The van der Waals surface area contributed by atoms with Gasteiger partial charge in [-0.15, -0.1) is 0 Å². The lowest BCUT2D eigenvalue weighted by molar-refractivity contribution is -0.135. The molecule has 0 aromatic heterocycles. The maximum absolute atomic E-state index is 13.8. The second-order valence-corrected chi connectivity index (χ2v) is 6.65. The molecule has 2 aliphatic rings. The Kier molecular flexibility index (Phi) is 4.29. The number of carbonyl (C=O) groups is 2. The number of aliphatic hydroxyl groups is 1. The van der Waals surface area contributed by atoms with Gasteiger partial charge in [-0.25, -0.2) is 13.6 Å². The average Bonchev–Trinajstić information content (AvgIpc) is 2.78. The maximum atomic E-state index is 13.8. The fourth-order valence-corrected chi connectivity index (χ4v) is 3.70. The van der Waals surface area contributed by atoms with E-state index in [9.17, 15) is 23.5 Å². The topological polar surface area (TPSA) is 69.6 Å². The molecule has 1 saturated heterocycles. The van der Waals surface area contributed by atoms with Crippen molar-refractivity contribution in [2.45, 2.75) is 44.2 Å². The van der Waals surface area contributed by atoms with Gasteiger partial charge in [-0.3, -0.25) is 9.69 Å². The molecule has 3 amide bonds. The summed E-state index contributed by atoms with van der Waals surface area (Å²) >= 11 is 0. The number of aliphatic hydroxyl groups excluding tert-OH is 1. The highest BCUT2D eigenvalue weighted by atomic mass is 19.1. The molecule has 24 heavy (non-hydrogen) atoms. The minimum absolute atomic E-state index is 0.00394. The number of rotatable bonds is 3. The second-order valence-electron chi connectivity index (χ2n) is 6.65. The summed E-state index contributed by atoms with van der Waals surface area (Å²) in [4.78, 5) is 25.9. The summed E-state index contributed by atoms with van der Waals surface area (Å²) in [6.45, 7) is 1.52. The van der Waals surface area contributed by atoms with Gasteiger partial charge in [0.2, 0.25) is 0 Å². The number of carbonyl (C=O) groups excluding carboxylic acids is 2. The Morgan fingerprint density at radius 2 is 2.12 bits per heavy atom. The van der Waals surface area contributed by atoms with Crippen molar-refractivity contribution < 1.29 is 23.5 Å². The molecule has 2 N–H and O–H groups in total. The van der Waals surface area contributed by atoms with Crippen LogP contribution in [0, 0.1) is 17.6 Å². The number of benzene rings is 1. The number of amides is 3. The highest BCUT2D eigenvalue weighted by molar-refractivity contribution is 6.07. The number of halogens is 2. The summed E-state index contributed by atoms with van der Waals surface area (Å²) < 4.78 is 27.0. The molecule has 1 aromatic carbocycles. The average molecular weight is 338 g/mol. The predicted molar refractivity (Wildman–Crippen MR) is 81.9 cm³/mol. The van der Waals surface area contributed by atoms with Gasteiger partial charge in [0.25, 0.3) is 5.91 Å². The minimum Gasteiger partial charge on any atom is -0.386 e. The first-order chi connectivity index (χ1) is 11.3. The standard InChI is InChI=1S/C17H20F2N2O3/c1-10-4-2-3-7-17(10)15(23)21(16(24)20-17)9-14(22)12-8-11(18)5-6-13(12)19/h5-6,8,10,14,22H,2-4,7,9H2,1H3,(H,20,24)/t10-,14-,17-/m1/s1. The van der Waals surface area contributed by atoms with Crippen molar-refractivity contribution in [1.29, 1.82) is 0 Å². The Labute approximate surface area is 138 Å². The first-order valence-corrected chi connectivity index (χ1v) is 8.12. The lowest BCUT2D eigenvalue weighted by Gasteiger charge is -2.37. The number of β-amino-alcohol motifs (C(OH)–C–C–N with tert-alkyl or cyclic N) is 1. The number of imide groups is 1. The van der Waals surface area contributed by atoms with Gasteiger partial charge in [0.15, 0.2) is 0 Å². The molecule has 1 aromatic rings.